The summed E-state index contributed by atoms with van der Waals surface area (Å²) in [5.74, 6) is 0.168. The third kappa shape index (κ3) is 5.99. The van der Waals surface area contributed by atoms with Crippen LogP contribution in [0.3, 0.4) is 0 Å². The monoisotopic (exact) mass is 482 g/mol. The lowest BCUT2D eigenvalue weighted by Crippen LogP contribution is -2.43. The van der Waals surface area contributed by atoms with Gasteiger partial charge >= 0.3 is 5.69 Å². The first-order chi connectivity index (χ1) is 13.6. The standard InChI is InChI=1S/C20H27BrN4O3S/c1-12(2)9-24(16(26)11-29-15-8-6-5-7-14(15)21)17-18(22)25(10-13(3)4)20(28)23-19(17)27/h5-8,12-13H,9-11,22H2,1-4H3,(H,23,27,28). The summed E-state index contributed by atoms with van der Waals surface area (Å²) in [6.45, 7) is 8.47. The summed E-state index contributed by atoms with van der Waals surface area (Å²) < 4.78 is 2.22. The third-order valence-corrected chi connectivity index (χ3v) is 6.08. The Bertz CT molecular complexity index is 984. The molecule has 3 N–H and O–H groups in total. The third-order valence-electron chi connectivity index (χ3n) is 4.07. The predicted octanol–water partition coefficient (Wildman–Crippen LogP) is 3.32. The number of nitrogens with one attached hydrogen (secondary N) is 1. The minimum absolute atomic E-state index is 0.0207. The van der Waals surface area contributed by atoms with Gasteiger partial charge in [0.05, 0.1) is 5.75 Å². The summed E-state index contributed by atoms with van der Waals surface area (Å²) in [7, 11) is 0. The molecular weight excluding hydrogens is 456 g/mol. The van der Waals surface area contributed by atoms with Crippen LogP contribution in [0, 0.1) is 11.8 Å². The number of amides is 1. The molecule has 0 aliphatic carbocycles. The molecule has 0 bridgehead atoms. The fraction of sp³-hybridized carbons (Fsp3) is 0.450. The molecule has 0 spiro atoms. The van der Waals surface area contributed by atoms with E-state index < -0.39 is 11.2 Å². The van der Waals surface area contributed by atoms with E-state index in [0.717, 1.165) is 9.37 Å². The lowest BCUT2D eigenvalue weighted by Gasteiger charge is -2.26. The molecule has 0 atom stereocenters. The zero-order chi connectivity index (χ0) is 21.7. The van der Waals surface area contributed by atoms with Gasteiger partial charge in [0, 0.05) is 22.5 Å². The van der Waals surface area contributed by atoms with E-state index in [1.165, 1.54) is 21.2 Å². The molecule has 7 nitrogen and oxygen atoms in total. The Balaban J connectivity index is 2.41. The van der Waals surface area contributed by atoms with Crippen LogP contribution >= 0.6 is 27.7 Å². The Labute approximate surface area is 182 Å². The number of nitrogens with two attached hydrogens (primary N) is 1. The van der Waals surface area contributed by atoms with Crippen LogP contribution in [0.15, 0.2) is 43.2 Å². The molecule has 0 saturated heterocycles. The predicted molar refractivity (Wildman–Crippen MR) is 123 cm³/mol. The van der Waals surface area contributed by atoms with Gasteiger partial charge in [0.2, 0.25) is 5.91 Å². The molecule has 9 heteroatoms. The fourth-order valence-electron chi connectivity index (χ4n) is 2.85. The van der Waals surface area contributed by atoms with Gasteiger partial charge in [-0.15, -0.1) is 11.8 Å². The van der Waals surface area contributed by atoms with Gasteiger partial charge in [-0.05, 0) is 39.9 Å². The van der Waals surface area contributed by atoms with Crippen molar-refractivity contribution < 1.29 is 4.79 Å². The molecule has 2 rings (SSSR count). The number of rotatable bonds is 8. The number of hydrogen-bond acceptors (Lipinski definition) is 5. The lowest BCUT2D eigenvalue weighted by atomic mass is 10.2. The average molecular weight is 483 g/mol. The molecule has 0 unspecified atom stereocenters. The van der Waals surface area contributed by atoms with Crippen molar-refractivity contribution in [1.29, 1.82) is 0 Å². The molecule has 0 aliphatic rings. The van der Waals surface area contributed by atoms with Crippen molar-refractivity contribution in [3.8, 4) is 0 Å². The maximum Gasteiger partial charge on any atom is 0.330 e. The molecule has 0 saturated carbocycles. The number of hydrogen-bond donors (Lipinski definition) is 2. The van der Waals surface area contributed by atoms with Crippen LogP contribution in [-0.4, -0.2) is 27.8 Å². The SMILES string of the molecule is CC(C)CN(C(=O)CSc1ccccc1Br)c1c(N)n(CC(C)C)c(=O)[nH]c1=O. The number of aromatic amines is 1. The largest absolute Gasteiger partial charge is 0.383 e. The summed E-state index contributed by atoms with van der Waals surface area (Å²) in [6, 6.07) is 7.62. The van der Waals surface area contributed by atoms with Crippen molar-refractivity contribution in [3.05, 3.63) is 49.6 Å². The second-order valence-corrected chi connectivity index (χ2v) is 9.49. The average Bonchev–Trinajstić information content (AvgIpc) is 2.62. The number of H-pyrrole nitrogens is 1. The summed E-state index contributed by atoms with van der Waals surface area (Å²) in [5.41, 5.74) is 5.04. The molecule has 0 fully saturated rings. The molecular formula is C20H27BrN4O3S. The highest BCUT2D eigenvalue weighted by molar-refractivity contribution is 9.10. The molecule has 0 aliphatic heterocycles. The van der Waals surface area contributed by atoms with Gasteiger partial charge in [0.1, 0.15) is 5.82 Å². The van der Waals surface area contributed by atoms with E-state index in [9.17, 15) is 14.4 Å². The second kappa shape index (κ2) is 10.2. The van der Waals surface area contributed by atoms with E-state index in [2.05, 4.69) is 20.9 Å². The first-order valence-corrected chi connectivity index (χ1v) is 11.2. The number of nitrogens with zero attached hydrogens (tertiary/aromatic N) is 2. The number of carbonyl (C=O) groups excluding carboxylic acids is 1. The topological polar surface area (TPSA) is 101 Å². The highest BCUT2D eigenvalue weighted by Gasteiger charge is 2.25. The fourth-order valence-corrected chi connectivity index (χ4v) is 4.29. The van der Waals surface area contributed by atoms with Gasteiger partial charge in [-0.3, -0.25) is 19.1 Å². The number of aromatic nitrogens is 2. The number of carbonyl (C=O) groups is 1. The van der Waals surface area contributed by atoms with Crippen molar-refractivity contribution in [3.63, 3.8) is 0 Å². The quantitative estimate of drug-likeness (QED) is 0.561. The van der Waals surface area contributed by atoms with Crippen LogP contribution in [0.2, 0.25) is 0 Å². The highest BCUT2D eigenvalue weighted by Crippen LogP contribution is 2.28. The van der Waals surface area contributed by atoms with Crippen LogP contribution in [0.1, 0.15) is 27.7 Å². The van der Waals surface area contributed by atoms with E-state index in [-0.39, 0.29) is 35.0 Å². The molecule has 0 radical (unpaired) electrons. The normalized spacial score (nSPS) is 11.3. The summed E-state index contributed by atoms with van der Waals surface area (Å²) in [6.07, 6.45) is 0. The van der Waals surface area contributed by atoms with Crippen LogP contribution in [0.25, 0.3) is 0 Å². The van der Waals surface area contributed by atoms with Gasteiger partial charge in [-0.25, -0.2) is 4.79 Å². The molecule has 1 aromatic carbocycles. The minimum Gasteiger partial charge on any atom is -0.383 e. The van der Waals surface area contributed by atoms with Crippen LogP contribution in [0.5, 0.6) is 0 Å². The second-order valence-electron chi connectivity index (χ2n) is 7.61. The Morgan fingerprint density at radius 3 is 2.45 bits per heavy atom. The molecule has 1 amide bonds. The van der Waals surface area contributed by atoms with Gasteiger partial charge in [-0.1, -0.05) is 39.8 Å². The van der Waals surface area contributed by atoms with Crippen LogP contribution in [-0.2, 0) is 11.3 Å². The minimum atomic E-state index is -0.646. The van der Waals surface area contributed by atoms with Gasteiger partial charge in [0.15, 0.2) is 5.69 Å². The number of nitrogen functional groups attached to an aromatic ring is 1. The van der Waals surface area contributed by atoms with E-state index in [4.69, 9.17) is 5.73 Å². The summed E-state index contributed by atoms with van der Waals surface area (Å²) >= 11 is 4.85. The number of benzene rings is 1. The van der Waals surface area contributed by atoms with Crippen molar-refractivity contribution in [1.82, 2.24) is 9.55 Å². The van der Waals surface area contributed by atoms with E-state index in [1.807, 2.05) is 52.0 Å². The number of thioether (sulfide) groups is 1. The van der Waals surface area contributed by atoms with Crippen molar-refractivity contribution >= 4 is 45.1 Å². The van der Waals surface area contributed by atoms with Crippen molar-refractivity contribution in [2.24, 2.45) is 11.8 Å². The molecule has 1 aromatic heterocycles. The zero-order valence-electron chi connectivity index (χ0n) is 17.1. The molecule has 1 heterocycles. The molecule has 29 heavy (non-hydrogen) atoms. The first kappa shape index (κ1) is 23.3. The van der Waals surface area contributed by atoms with E-state index in [0.29, 0.717) is 13.1 Å². The maximum atomic E-state index is 13.1. The van der Waals surface area contributed by atoms with E-state index in [1.54, 1.807) is 0 Å². The van der Waals surface area contributed by atoms with Crippen molar-refractivity contribution in [2.45, 2.75) is 39.1 Å². The summed E-state index contributed by atoms with van der Waals surface area (Å²) in [4.78, 5) is 42.5. The smallest absolute Gasteiger partial charge is 0.330 e. The summed E-state index contributed by atoms with van der Waals surface area (Å²) in [5, 5.41) is 0. The first-order valence-electron chi connectivity index (χ1n) is 9.42. The van der Waals surface area contributed by atoms with Gasteiger partial charge < -0.3 is 10.6 Å². The van der Waals surface area contributed by atoms with Gasteiger partial charge in [-0.2, -0.15) is 0 Å². The zero-order valence-corrected chi connectivity index (χ0v) is 19.5. The highest BCUT2D eigenvalue weighted by atomic mass is 79.9. The van der Waals surface area contributed by atoms with Gasteiger partial charge in [0.25, 0.3) is 5.56 Å². The number of anilines is 2. The molecule has 158 valence electrons. The Hall–Kier alpha value is -2.00. The van der Waals surface area contributed by atoms with Crippen LogP contribution in [0.4, 0.5) is 11.5 Å². The van der Waals surface area contributed by atoms with Crippen LogP contribution < -0.4 is 21.9 Å². The Morgan fingerprint density at radius 2 is 1.86 bits per heavy atom. The maximum absolute atomic E-state index is 13.1. The Kier molecular flexibility index (Phi) is 8.15. The Morgan fingerprint density at radius 1 is 1.21 bits per heavy atom. The number of halogens is 1. The lowest BCUT2D eigenvalue weighted by molar-refractivity contribution is -0.116. The van der Waals surface area contributed by atoms with E-state index >= 15 is 0 Å². The van der Waals surface area contributed by atoms with Crippen molar-refractivity contribution in [2.75, 3.05) is 22.9 Å². The molecule has 2 aromatic rings.